The molecule has 2 nitrogen and oxygen atoms in total. The van der Waals surface area contributed by atoms with Gasteiger partial charge in [0.05, 0.1) is 5.54 Å². The van der Waals surface area contributed by atoms with E-state index in [0.717, 1.165) is 12.8 Å². The van der Waals surface area contributed by atoms with Gasteiger partial charge in [-0.3, -0.25) is 0 Å². The maximum Gasteiger partial charge on any atom is 0.128 e. The van der Waals surface area contributed by atoms with E-state index in [-0.39, 0.29) is 11.9 Å². The van der Waals surface area contributed by atoms with E-state index in [1.807, 2.05) is 26.2 Å². The number of rotatable bonds is 6. The first-order valence-corrected chi connectivity index (χ1v) is 7.03. The summed E-state index contributed by atoms with van der Waals surface area (Å²) in [4.78, 5) is 2.11. The first kappa shape index (κ1) is 16.1. The molecule has 0 aromatic heterocycles. The Morgan fingerprint density at radius 2 is 1.84 bits per heavy atom. The van der Waals surface area contributed by atoms with Gasteiger partial charge < -0.3 is 10.6 Å². The molecule has 0 saturated heterocycles. The minimum atomic E-state index is -0.655. The van der Waals surface area contributed by atoms with Crippen LogP contribution in [-0.4, -0.2) is 25.0 Å². The SMILES string of the molecule is CCC(N(C)C)C(N)(CC(C)C)c1ccccc1F. The maximum absolute atomic E-state index is 14.2. The molecule has 0 bridgehead atoms. The Balaban J connectivity index is 3.30. The van der Waals surface area contributed by atoms with Gasteiger partial charge in [-0.1, -0.05) is 39.0 Å². The highest BCUT2D eigenvalue weighted by molar-refractivity contribution is 5.28. The van der Waals surface area contributed by atoms with E-state index in [2.05, 4.69) is 25.7 Å². The first-order chi connectivity index (χ1) is 8.82. The zero-order valence-electron chi connectivity index (χ0n) is 12.8. The predicted molar refractivity (Wildman–Crippen MR) is 79.5 cm³/mol. The highest BCUT2D eigenvalue weighted by Gasteiger charge is 2.39. The number of hydrogen-bond acceptors (Lipinski definition) is 2. The van der Waals surface area contributed by atoms with Crippen molar-refractivity contribution in [3.63, 3.8) is 0 Å². The van der Waals surface area contributed by atoms with E-state index < -0.39 is 5.54 Å². The summed E-state index contributed by atoms with van der Waals surface area (Å²) in [5, 5.41) is 0. The fraction of sp³-hybridized carbons (Fsp3) is 0.625. The molecule has 2 N–H and O–H groups in total. The molecule has 0 heterocycles. The minimum absolute atomic E-state index is 0.117. The standard InChI is InChI=1S/C16H27FN2/c1-6-15(19(4)5)16(18,11-12(2)3)13-9-7-8-10-14(13)17/h7-10,12,15H,6,11,18H2,1-5H3. The molecule has 2 atom stereocenters. The second-order valence-electron chi connectivity index (χ2n) is 6.01. The Morgan fingerprint density at radius 3 is 2.26 bits per heavy atom. The van der Waals surface area contributed by atoms with Crippen molar-refractivity contribution in [1.82, 2.24) is 4.90 Å². The Labute approximate surface area is 116 Å². The molecule has 0 spiro atoms. The second-order valence-corrected chi connectivity index (χ2v) is 6.01. The number of nitrogens with two attached hydrogens (primary N) is 1. The lowest BCUT2D eigenvalue weighted by Gasteiger charge is -2.42. The molecular weight excluding hydrogens is 239 g/mol. The lowest BCUT2D eigenvalue weighted by Crippen LogP contribution is -2.55. The Morgan fingerprint density at radius 1 is 1.26 bits per heavy atom. The van der Waals surface area contributed by atoms with Crippen molar-refractivity contribution in [3.05, 3.63) is 35.6 Å². The summed E-state index contributed by atoms with van der Waals surface area (Å²) in [6.07, 6.45) is 1.66. The van der Waals surface area contributed by atoms with Crippen LogP contribution in [0, 0.1) is 11.7 Å². The summed E-state index contributed by atoms with van der Waals surface area (Å²) in [5.74, 6) is 0.213. The summed E-state index contributed by atoms with van der Waals surface area (Å²) in [7, 11) is 4.02. The molecule has 2 unspecified atom stereocenters. The summed E-state index contributed by atoms with van der Waals surface area (Å²) < 4.78 is 14.2. The smallest absolute Gasteiger partial charge is 0.128 e. The van der Waals surface area contributed by atoms with Crippen LogP contribution in [-0.2, 0) is 5.54 Å². The molecule has 0 aliphatic heterocycles. The van der Waals surface area contributed by atoms with Gasteiger partial charge in [-0.2, -0.15) is 0 Å². The zero-order valence-corrected chi connectivity index (χ0v) is 12.8. The number of halogens is 1. The van der Waals surface area contributed by atoms with Gasteiger partial charge in [0.1, 0.15) is 5.82 Å². The van der Waals surface area contributed by atoms with Gasteiger partial charge in [0.25, 0.3) is 0 Å². The summed E-state index contributed by atoms with van der Waals surface area (Å²) in [5.41, 5.74) is 6.67. The average Bonchev–Trinajstić information content (AvgIpc) is 2.28. The van der Waals surface area contributed by atoms with Gasteiger partial charge in [-0.15, -0.1) is 0 Å². The van der Waals surface area contributed by atoms with Crippen LogP contribution in [0.15, 0.2) is 24.3 Å². The van der Waals surface area contributed by atoms with Crippen LogP contribution in [0.2, 0.25) is 0 Å². The second kappa shape index (κ2) is 6.49. The molecule has 1 aromatic carbocycles. The molecule has 1 rings (SSSR count). The highest BCUT2D eigenvalue weighted by Crippen LogP contribution is 2.34. The van der Waals surface area contributed by atoms with E-state index in [4.69, 9.17) is 5.73 Å². The summed E-state index contributed by atoms with van der Waals surface area (Å²) in [6, 6.07) is 7.02. The van der Waals surface area contributed by atoms with Gasteiger partial charge in [-0.05, 0) is 38.9 Å². The molecule has 3 heteroatoms. The molecule has 0 amide bonds. The predicted octanol–water partition coefficient (Wildman–Crippen LogP) is 3.37. The Kier molecular flexibility index (Phi) is 5.50. The van der Waals surface area contributed by atoms with Gasteiger partial charge in [0.15, 0.2) is 0 Å². The van der Waals surface area contributed by atoms with Gasteiger partial charge in [0, 0.05) is 11.6 Å². The summed E-state index contributed by atoms with van der Waals surface area (Å²) in [6.45, 7) is 6.36. The first-order valence-electron chi connectivity index (χ1n) is 7.03. The van der Waals surface area contributed by atoms with E-state index in [9.17, 15) is 4.39 Å². The molecule has 0 aliphatic rings. The number of benzene rings is 1. The fourth-order valence-electron chi connectivity index (χ4n) is 3.13. The third-order valence-electron chi connectivity index (χ3n) is 3.73. The van der Waals surface area contributed by atoms with Crippen LogP contribution in [0.4, 0.5) is 4.39 Å². The van der Waals surface area contributed by atoms with Crippen LogP contribution in [0.5, 0.6) is 0 Å². The maximum atomic E-state index is 14.2. The van der Waals surface area contributed by atoms with Gasteiger partial charge >= 0.3 is 0 Å². The van der Waals surface area contributed by atoms with Crippen LogP contribution >= 0.6 is 0 Å². The van der Waals surface area contributed by atoms with E-state index >= 15 is 0 Å². The Bertz CT molecular complexity index is 403. The molecule has 0 aliphatic carbocycles. The fourth-order valence-corrected chi connectivity index (χ4v) is 3.13. The van der Waals surface area contributed by atoms with E-state index in [1.54, 1.807) is 6.07 Å². The third-order valence-corrected chi connectivity index (χ3v) is 3.73. The lowest BCUT2D eigenvalue weighted by atomic mass is 9.75. The van der Waals surface area contributed by atoms with Crippen molar-refractivity contribution in [1.29, 1.82) is 0 Å². The van der Waals surface area contributed by atoms with Crippen LogP contribution in [0.25, 0.3) is 0 Å². The third kappa shape index (κ3) is 3.54. The quantitative estimate of drug-likeness (QED) is 0.855. The lowest BCUT2D eigenvalue weighted by molar-refractivity contribution is 0.144. The van der Waals surface area contributed by atoms with Crippen molar-refractivity contribution in [3.8, 4) is 0 Å². The van der Waals surface area contributed by atoms with Gasteiger partial charge in [-0.25, -0.2) is 4.39 Å². The topological polar surface area (TPSA) is 29.3 Å². The Hall–Kier alpha value is -0.930. The largest absolute Gasteiger partial charge is 0.320 e. The van der Waals surface area contributed by atoms with Crippen molar-refractivity contribution < 1.29 is 4.39 Å². The van der Waals surface area contributed by atoms with Crippen molar-refractivity contribution >= 4 is 0 Å². The van der Waals surface area contributed by atoms with Crippen molar-refractivity contribution in [2.75, 3.05) is 14.1 Å². The number of nitrogens with zero attached hydrogens (tertiary/aromatic N) is 1. The molecule has 1 aromatic rings. The van der Waals surface area contributed by atoms with Gasteiger partial charge in [0.2, 0.25) is 0 Å². The van der Waals surface area contributed by atoms with Crippen molar-refractivity contribution in [2.45, 2.75) is 45.2 Å². The van der Waals surface area contributed by atoms with E-state index in [1.165, 1.54) is 6.07 Å². The highest BCUT2D eigenvalue weighted by atomic mass is 19.1. The van der Waals surface area contributed by atoms with E-state index in [0.29, 0.717) is 11.5 Å². The molecule has 19 heavy (non-hydrogen) atoms. The minimum Gasteiger partial charge on any atom is -0.320 e. The van der Waals surface area contributed by atoms with Crippen LogP contribution < -0.4 is 5.73 Å². The normalized spacial score (nSPS) is 16.7. The number of hydrogen-bond donors (Lipinski definition) is 1. The molecule has 0 saturated carbocycles. The molecular formula is C16H27FN2. The number of likely N-dealkylation sites (N-methyl/N-ethyl adjacent to an activating group) is 1. The molecule has 0 fully saturated rings. The summed E-state index contributed by atoms with van der Waals surface area (Å²) >= 11 is 0. The average molecular weight is 266 g/mol. The monoisotopic (exact) mass is 266 g/mol. The van der Waals surface area contributed by atoms with Crippen molar-refractivity contribution in [2.24, 2.45) is 11.7 Å². The zero-order chi connectivity index (χ0) is 14.6. The van der Waals surface area contributed by atoms with Crippen LogP contribution in [0.3, 0.4) is 0 Å². The molecule has 108 valence electrons. The molecule has 0 radical (unpaired) electrons. The van der Waals surface area contributed by atoms with Crippen LogP contribution in [0.1, 0.15) is 39.2 Å².